The minimum atomic E-state index is -5.68. The number of alkyl halides is 6. The Balaban J connectivity index is 1.21. The molecule has 6 aromatic carbocycles. The lowest BCUT2D eigenvalue weighted by Crippen LogP contribution is -2.48. The van der Waals surface area contributed by atoms with Crippen molar-refractivity contribution in [2.24, 2.45) is 0 Å². The second-order valence-corrected chi connectivity index (χ2v) is 17.1. The molecule has 0 atom stereocenters. The highest BCUT2D eigenvalue weighted by Gasteiger charge is 2.80. The van der Waals surface area contributed by atoms with Crippen molar-refractivity contribution < 1.29 is 26.3 Å². The summed E-state index contributed by atoms with van der Waals surface area (Å²) in [5, 5.41) is 0.426. The van der Waals surface area contributed by atoms with Crippen LogP contribution in [0, 0.1) is 13.8 Å². The Morgan fingerprint density at radius 1 is 0.424 bits per heavy atom. The van der Waals surface area contributed by atoms with E-state index in [9.17, 15) is 0 Å². The Labute approximate surface area is 345 Å². The summed E-state index contributed by atoms with van der Waals surface area (Å²) in [6, 6.07) is 49.3. The number of halogens is 6. The van der Waals surface area contributed by atoms with E-state index < -0.39 is 28.9 Å². The average molecular weight is 825 g/mol. The Morgan fingerprint density at radius 3 is 1.03 bits per heavy atom. The van der Waals surface area contributed by atoms with E-state index in [2.05, 4.69) is 0 Å². The van der Waals surface area contributed by atoms with Crippen LogP contribution < -0.4 is 0 Å². The SMILES string of the molecule is Cc1sc2cc(C=C(c3ccccc3)c3ccccc3)ccc2c1C1=C(c2c(C)sc3cc(C=C(c4ccccc4)c4ccccc4)ccc23)C(F)(F)C(F)(F)C1(F)F. The molecule has 0 radical (unpaired) electrons. The highest BCUT2D eigenvalue weighted by atomic mass is 32.1. The minimum absolute atomic E-state index is 0.213. The Bertz CT molecular complexity index is 2670. The second kappa shape index (κ2) is 14.7. The van der Waals surface area contributed by atoms with Gasteiger partial charge in [0.2, 0.25) is 0 Å². The van der Waals surface area contributed by atoms with Gasteiger partial charge in [-0.25, -0.2) is 0 Å². The van der Waals surface area contributed by atoms with E-state index in [4.69, 9.17) is 0 Å². The smallest absolute Gasteiger partial charge is 0.194 e. The van der Waals surface area contributed by atoms with E-state index in [-0.39, 0.29) is 31.7 Å². The van der Waals surface area contributed by atoms with Crippen molar-refractivity contribution in [3.05, 3.63) is 212 Å². The van der Waals surface area contributed by atoms with Crippen LogP contribution in [-0.4, -0.2) is 17.8 Å². The summed E-state index contributed by atoms with van der Waals surface area (Å²) in [5.74, 6) is -16.0. The van der Waals surface area contributed by atoms with Crippen LogP contribution in [0.1, 0.15) is 54.3 Å². The van der Waals surface area contributed by atoms with Gasteiger partial charge in [-0.2, -0.15) is 26.3 Å². The van der Waals surface area contributed by atoms with E-state index in [0.29, 0.717) is 9.40 Å². The molecule has 292 valence electrons. The van der Waals surface area contributed by atoms with Gasteiger partial charge in [-0.15, -0.1) is 22.7 Å². The van der Waals surface area contributed by atoms with E-state index in [1.54, 1.807) is 36.4 Å². The van der Waals surface area contributed by atoms with Gasteiger partial charge < -0.3 is 0 Å². The fraction of sp³-hybridized carbons (Fsp3) is 0.0980. The number of rotatable bonds is 8. The maximum absolute atomic E-state index is 16.4. The zero-order valence-corrected chi connectivity index (χ0v) is 33.4. The Morgan fingerprint density at radius 2 is 0.729 bits per heavy atom. The van der Waals surface area contributed by atoms with Crippen LogP contribution >= 0.6 is 22.7 Å². The maximum Gasteiger partial charge on any atom is 0.380 e. The van der Waals surface area contributed by atoms with Crippen molar-refractivity contribution in [2.75, 3.05) is 0 Å². The van der Waals surface area contributed by atoms with Crippen LogP contribution in [0.5, 0.6) is 0 Å². The topological polar surface area (TPSA) is 0 Å². The van der Waals surface area contributed by atoms with Gasteiger partial charge in [-0.1, -0.05) is 146 Å². The lowest BCUT2D eigenvalue weighted by atomic mass is 9.90. The molecule has 0 nitrogen and oxygen atoms in total. The van der Waals surface area contributed by atoms with Gasteiger partial charge >= 0.3 is 17.8 Å². The number of aryl methyl sites for hydroxylation is 2. The van der Waals surface area contributed by atoms with E-state index in [1.807, 2.05) is 133 Å². The Hall–Kier alpha value is -5.96. The third kappa shape index (κ3) is 6.46. The molecule has 0 fully saturated rings. The molecule has 2 heterocycles. The molecule has 0 aliphatic heterocycles. The van der Waals surface area contributed by atoms with Crippen molar-refractivity contribution in [3.63, 3.8) is 0 Å². The van der Waals surface area contributed by atoms with Crippen molar-refractivity contribution in [1.82, 2.24) is 0 Å². The molecule has 0 saturated heterocycles. The number of fused-ring (bicyclic) bond motifs is 2. The number of benzene rings is 6. The normalized spacial score (nSPS) is 15.5. The third-order valence-electron chi connectivity index (χ3n) is 10.9. The molecule has 0 amide bonds. The first-order valence-electron chi connectivity index (χ1n) is 19.0. The van der Waals surface area contributed by atoms with Crippen molar-refractivity contribution in [3.8, 4) is 0 Å². The number of hydrogen-bond donors (Lipinski definition) is 0. The highest BCUT2D eigenvalue weighted by molar-refractivity contribution is 7.19. The van der Waals surface area contributed by atoms with Crippen LogP contribution in [-0.2, 0) is 0 Å². The van der Waals surface area contributed by atoms with Crippen molar-refractivity contribution >= 4 is 77.3 Å². The molecule has 0 unspecified atom stereocenters. The molecule has 0 bridgehead atoms. The van der Waals surface area contributed by atoms with Gasteiger partial charge in [-0.3, -0.25) is 0 Å². The largest absolute Gasteiger partial charge is 0.380 e. The summed E-state index contributed by atoms with van der Waals surface area (Å²) >= 11 is 2.24. The van der Waals surface area contributed by atoms with E-state index in [1.165, 1.54) is 13.8 Å². The van der Waals surface area contributed by atoms with Crippen LogP contribution in [0.15, 0.2) is 158 Å². The highest BCUT2D eigenvalue weighted by Crippen LogP contribution is 2.67. The van der Waals surface area contributed by atoms with Crippen LogP contribution in [0.2, 0.25) is 0 Å². The molecule has 9 rings (SSSR count). The summed E-state index contributed by atoms with van der Waals surface area (Å²) in [5.41, 5.74) is 3.94. The van der Waals surface area contributed by atoms with Gasteiger partial charge in [0.1, 0.15) is 0 Å². The van der Waals surface area contributed by atoms with Crippen LogP contribution in [0.25, 0.3) is 54.6 Å². The van der Waals surface area contributed by atoms with E-state index >= 15 is 26.3 Å². The molecule has 1 aliphatic carbocycles. The van der Waals surface area contributed by atoms with Gasteiger partial charge in [0.15, 0.2) is 0 Å². The first-order valence-corrected chi connectivity index (χ1v) is 20.6. The van der Waals surface area contributed by atoms with Gasteiger partial charge in [0.05, 0.1) is 0 Å². The summed E-state index contributed by atoms with van der Waals surface area (Å²) in [6.07, 6.45) is 3.95. The minimum Gasteiger partial charge on any atom is -0.194 e. The lowest BCUT2D eigenvalue weighted by Gasteiger charge is -2.26. The molecular weight excluding hydrogens is 791 g/mol. The molecule has 1 aliphatic rings. The average Bonchev–Trinajstić information content (AvgIpc) is 3.77. The molecule has 0 saturated carbocycles. The summed E-state index contributed by atoms with van der Waals surface area (Å²) < 4.78 is 98.1. The molecule has 8 heteroatoms. The predicted molar refractivity (Wildman–Crippen MR) is 234 cm³/mol. The number of thiophene rings is 2. The summed E-state index contributed by atoms with van der Waals surface area (Å²) in [4.78, 5) is 0.485. The van der Waals surface area contributed by atoms with E-state index in [0.717, 1.165) is 67.2 Å². The molecular formula is C51H34F6S2. The Kier molecular flexibility index (Phi) is 9.60. The second-order valence-electron chi connectivity index (χ2n) is 14.6. The quantitative estimate of drug-likeness (QED) is 0.106. The molecule has 2 aromatic heterocycles. The molecule has 8 aromatic rings. The van der Waals surface area contributed by atoms with Crippen LogP contribution in [0.4, 0.5) is 26.3 Å². The number of allylic oxidation sites excluding steroid dienone is 2. The zero-order valence-electron chi connectivity index (χ0n) is 31.8. The monoisotopic (exact) mass is 824 g/mol. The third-order valence-corrected chi connectivity index (χ3v) is 13.0. The predicted octanol–water partition coefficient (Wildman–Crippen LogP) is 15.7. The first-order chi connectivity index (χ1) is 28.4. The fourth-order valence-electron chi connectivity index (χ4n) is 8.13. The molecule has 59 heavy (non-hydrogen) atoms. The van der Waals surface area contributed by atoms with Gasteiger partial charge in [0, 0.05) is 52.2 Å². The van der Waals surface area contributed by atoms with Crippen molar-refractivity contribution in [2.45, 2.75) is 31.6 Å². The molecule has 0 spiro atoms. The number of hydrogen-bond acceptors (Lipinski definition) is 2. The van der Waals surface area contributed by atoms with Gasteiger partial charge in [-0.05, 0) is 82.7 Å². The zero-order chi connectivity index (χ0) is 41.1. The molecule has 0 N–H and O–H groups in total. The maximum atomic E-state index is 16.4. The van der Waals surface area contributed by atoms with Gasteiger partial charge in [0.25, 0.3) is 0 Å². The lowest BCUT2D eigenvalue weighted by molar-refractivity contribution is -0.254. The van der Waals surface area contributed by atoms with Crippen molar-refractivity contribution in [1.29, 1.82) is 0 Å². The standard InChI is InChI=1S/C51H34F6S2/c1-31-45(39-25-23-33(29-43(39)58-31)27-41(35-15-7-3-8-16-35)36-17-9-4-10-18-36)47-48(50(54,55)51(56,57)49(47,52)53)46-32(2)59-44-30-34(24-26-40(44)46)28-42(37-19-11-5-12-20-37)38-21-13-6-14-22-38/h3-30H,1-2H3. The summed E-state index contributed by atoms with van der Waals surface area (Å²) in [6.45, 7) is 3.05. The fourth-order valence-corrected chi connectivity index (χ4v) is 10.4. The van der Waals surface area contributed by atoms with Crippen LogP contribution in [0.3, 0.4) is 0 Å². The first kappa shape index (κ1) is 38.6. The summed E-state index contributed by atoms with van der Waals surface area (Å²) in [7, 11) is 0.